The fraction of sp³-hybridized carbons (Fsp3) is 0. The third-order valence-corrected chi connectivity index (χ3v) is 19.7. The van der Waals surface area contributed by atoms with Crippen LogP contribution in [-0.4, -0.2) is 23.0 Å². The van der Waals surface area contributed by atoms with Crippen LogP contribution in [0.2, 0.25) is 0 Å². The molecular formula is C63H44N6SSi. The monoisotopic (exact) mass is 944 g/mol. The van der Waals surface area contributed by atoms with E-state index in [2.05, 4.69) is 267 Å². The van der Waals surface area contributed by atoms with Gasteiger partial charge in [-0.1, -0.05) is 157 Å². The molecule has 13 rings (SSSR count). The summed E-state index contributed by atoms with van der Waals surface area (Å²) in [6, 6.07) is 88.2. The Hall–Kier alpha value is -8.82. The molecule has 2 aliphatic rings. The van der Waals surface area contributed by atoms with Gasteiger partial charge >= 0.3 is 0 Å². The lowest BCUT2D eigenvalue weighted by atomic mass is 10.0. The summed E-state index contributed by atoms with van der Waals surface area (Å²) < 4.78 is 0. The molecule has 0 saturated heterocycles. The maximum absolute atomic E-state index is 5.87. The molecule has 5 heterocycles. The van der Waals surface area contributed by atoms with Crippen molar-refractivity contribution < 1.29 is 0 Å². The van der Waals surface area contributed by atoms with Crippen molar-refractivity contribution in [3.8, 4) is 22.3 Å². The molecule has 0 N–H and O–H groups in total. The fourth-order valence-electron chi connectivity index (χ4n) is 10.6. The van der Waals surface area contributed by atoms with E-state index in [0.29, 0.717) is 0 Å². The van der Waals surface area contributed by atoms with Gasteiger partial charge in [0, 0.05) is 69.5 Å². The van der Waals surface area contributed by atoms with Gasteiger partial charge in [-0.3, -0.25) is 19.8 Å². The minimum Gasteiger partial charge on any atom is -0.310 e. The average molecular weight is 945 g/mol. The van der Waals surface area contributed by atoms with Crippen LogP contribution in [0.25, 0.3) is 22.3 Å². The smallest absolute Gasteiger partial charge is 0.184 e. The number of rotatable bonds is 9. The molecule has 11 aromatic rings. The van der Waals surface area contributed by atoms with Gasteiger partial charge in [0.25, 0.3) is 0 Å². The molecule has 336 valence electrons. The highest BCUT2D eigenvalue weighted by Gasteiger charge is 2.49. The Kier molecular flexibility index (Phi) is 10.7. The molecule has 71 heavy (non-hydrogen) atoms. The van der Waals surface area contributed by atoms with E-state index < -0.39 is 8.07 Å². The van der Waals surface area contributed by atoms with Crippen molar-refractivity contribution in [3.63, 3.8) is 0 Å². The van der Waals surface area contributed by atoms with Crippen LogP contribution in [0.15, 0.2) is 277 Å². The standard InChI is InChI=1S/C63H44N6SSi/c1-3-15-52(16-4-1)71(53-17-5-2-6-18-53)60-25-13-9-21-56(60)69(57-22-10-14-26-61(57)71)63-44-51(43-62(66-63)68-54-19-7-11-23-58(54)70-59-24-12-8-20-55(59)68)67(49-31-27-45(28-32-49)47-35-39-64-40-36-47)50-33-29-46(30-34-50)48-37-41-65-42-38-48/h1-44H. The molecule has 0 spiro atoms. The first-order valence-corrected chi connectivity index (χ1v) is 26.6. The van der Waals surface area contributed by atoms with Crippen molar-refractivity contribution in [1.29, 1.82) is 0 Å². The Morgan fingerprint density at radius 3 is 1.15 bits per heavy atom. The van der Waals surface area contributed by atoms with E-state index in [1.54, 1.807) is 11.8 Å². The second-order valence-electron chi connectivity index (χ2n) is 17.7. The molecule has 0 aliphatic carbocycles. The summed E-state index contributed by atoms with van der Waals surface area (Å²) in [4.78, 5) is 23.9. The summed E-state index contributed by atoms with van der Waals surface area (Å²) in [6.45, 7) is 0. The maximum Gasteiger partial charge on any atom is 0.184 e. The number of hydrogen-bond acceptors (Lipinski definition) is 7. The summed E-state index contributed by atoms with van der Waals surface area (Å²) in [6.07, 6.45) is 7.38. The number of aromatic nitrogens is 3. The summed E-state index contributed by atoms with van der Waals surface area (Å²) in [5.74, 6) is 1.61. The van der Waals surface area contributed by atoms with Gasteiger partial charge in [0.2, 0.25) is 0 Å². The summed E-state index contributed by atoms with van der Waals surface area (Å²) in [5, 5.41) is 5.29. The first-order valence-electron chi connectivity index (χ1n) is 23.8. The lowest BCUT2D eigenvalue weighted by molar-refractivity contribution is 1.09. The highest BCUT2D eigenvalue weighted by atomic mass is 32.2. The molecule has 0 bridgehead atoms. The Morgan fingerprint density at radius 2 is 0.704 bits per heavy atom. The Labute approximate surface area is 418 Å². The van der Waals surface area contributed by atoms with Gasteiger partial charge in [-0.25, -0.2) is 4.98 Å². The number of nitrogens with zero attached hydrogens (tertiary/aromatic N) is 6. The molecule has 0 saturated carbocycles. The molecule has 2 aliphatic heterocycles. The SMILES string of the molecule is c1ccc([Si]2(c3ccccc3)c3ccccc3N(c3cc(N(c4ccc(-c5ccncc5)cc4)c4ccc(-c5ccncc5)cc4)cc(N4c5ccccc5Sc5ccccc54)n3)c3ccccc32)cc1. The second kappa shape index (κ2) is 17.9. The van der Waals surface area contributed by atoms with E-state index in [1.165, 1.54) is 30.5 Å². The van der Waals surface area contributed by atoms with Gasteiger partial charge in [-0.05, 0) is 128 Å². The second-order valence-corrected chi connectivity index (χ2v) is 22.5. The van der Waals surface area contributed by atoms with Crippen LogP contribution in [0, 0.1) is 0 Å². The van der Waals surface area contributed by atoms with E-state index in [-0.39, 0.29) is 0 Å². The van der Waals surface area contributed by atoms with Gasteiger partial charge in [0.15, 0.2) is 8.07 Å². The van der Waals surface area contributed by atoms with E-state index in [0.717, 1.165) is 73.7 Å². The largest absolute Gasteiger partial charge is 0.310 e. The highest BCUT2D eigenvalue weighted by Crippen LogP contribution is 2.52. The van der Waals surface area contributed by atoms with Gasteiger partial charge < -0.3 is 4.90 Å². The number of para-hydroxylation sites is 4. The van der Waals surface area contributed by atoms with Gasteiger partial charge in [0.05, 0.1) is 17.1 Å². The normalized spacial score (nSPS) is 13.1. The lowest BCUT2D eigenvalue weighted by Gasteiger charge is -2.45. The van der Waals surface area contributed by atoms with Crippen molar-refractivity contribution in [2.24, 2.45) is 0 Å². The summed E-state index contributed by atoms with van der Waals surface area (Å²) in [5.41, 5.74) is 11.8. The zero-order valence-electron chi connectivity index (χ0n) is 38.5. The minimum absolute atomic E-state index is 0.805. The molecule has 0 fully saturated rings. The van der Waals surface area contributed by atoms with Gasteiger partial charge in [-0.2, -0.15) is 0 Å². The lowest BCUT2D eigenvalue weighted by Crippen LogP contribution is -2.77. The molecule has 8 heteroatoms. The van der Waals surface area contributed by atoms with E-state index in [4.69, 9.17) is 4.98 Å². The van der Waals surface area contributed by atoms with Crippen molar-refractivity contribution in [1.82, 2.24) is 15.0 Å². The van der Waals surface area contributed by atoms with E-state index in [9.17, 15) is 0 Å². The number of hydrogen-bond donors (Lipinski definition) is 0. The first kappa shape index (κ1) is 42.3. The van der Waals surface area contributed by atoms with Gasteiger partial charge in [0.1, 0.15) is 11.6 Å². The quantitative estimate of drug-likeness (QED) is 0.134. The maximum atomic E-state index is 5.87. The molecule has 0 amide bonds. The summed E-state index contributed by atoms with van der Waals surface area (Å²) >= 11 is 1.80. The topological polar surface area (TPSA) is 48.4 Å². The van der Waals surface area contributed by atoms with Crippen LogP contribution < -0.4 is 35.4 Å². The molecule has 0 unspecified atom stereocenters. The predicted octanol–water partition coefficient (Wildman–Crippen LogP) is 13.8. The Balaban J connectivity index is 1.08. The van der Waals surface area contributed by atoms with Crippen LogP contribution >= 0.6 is 11.8 Å². The van der Waals surface area contributed by atoms with Crippen LogP contribution in [-0.2, 0) is 0 Å². The van der Waals surface area contributed by atoms with E-state index >= 15 is 0 Å². The first-order chi connectivity index (χ1) is 35.2. The van der Waals surface area contributed by atoms with Crippen molar-refractivity contribution >= 4 is 92.0 Å². The zero-order chi connectivity index (χ0) is 47.1. The van der Waals surface area contributed by atoms with Gasteiger partial charge in [-0.15, -0.1) is 0 Å². The average Bonchev–Trinajstić information content (AvgIpc) is 3.45. The van der Waals surface area contributed by atoms with Crippen molar-refractivity contribution in [2.75, 3.05) is 14.7 Å². The Bertz CT molecular complexity index is 3470. The molecule has 8 aromatic carbocycles. The molecule has 6 nitrogen and oxygen atoms in total. The number of benzene rings is 8. The predicted molar refractivity (Wildman–Crippen MR) is 296 cm³/mol. The molecule has 0 radical (unpaired) electrons. The van der Waals surface area contributed by atoms with Crippen LogP contribution in [0.5, 0.6) is 0 Å². The zero-order valence-corrected chi connectivity index (χ0v) is 40.3. The number of fused-ring (bicyclic) bond motifs is 4. The number of anilines is 9. The molecular weight excluding hydrogens is 901 g/mol. The van der Waals surface area contributed by atoms with Crippen LogP contribution in [0.3, 0.4) is 0 Å². The third kappa shape index (κ3) is 7.31. The summed E-state index contributed by atoms with van der Waals surface area (Å²) in [7, 11) is -2.90. The van der Waals surface area contributed by atoms with Crippen LogP contribution in [0.4, 0.5) is 51.4 Å². The number of pyridine rings is 3. The fourth-order valence-corrected chi connectivity index (χ4v) is 16.8. The molecule has 3 aromatic heterocycles. The van der Waals surface area contributed by atoms with Crippen molar-refractivity contribution in [2.45, 2.75) is 9.79 Å². The Morgan fingerprint density at radius 1 is 0.338 bits per heavy atom. The van der Waals surface area contributed by atoms with Crippen molar-refractivity contribution in [3.05, 3.63) is 267 Å². The highest BCUT2D eigenvalue weighted by molar-refractivity contribution is 7.99. The molecule has 0 atom stereocenters. The van der Waals surface area contributed by atoms with E-state index in [1.807, 2.05) is 24.8 Å². The minimum atomic E-state index is -2.90. The van der Waals surface area contributed by atoms with Crippen LogP contribution in [0.1, 0.15) is 0 Å². The third-order valence-electron chi connectivity index (χ3n) is 13.7.